The maximum absolute atomic E-state index is 12.9. The van der Waals surface area contributed by atoms with Crippen molar-refractivity contribution in [2.75, 3.05) is 38.0 Å². The van der Waals surface area contributed by atoms with Crippen molar-refractivity contribution in [3.63, 3.8) is 0 Å². The Balaban J connectivity index is 1.10. The highest BCUT2D eigenvalue weighted by atomic mass is 32.1. The van der Waals surface area contributed by atoms with Crippen molar-refractivity contribution >= 4 is 28.8 Å². The maximum atomic E-state index is 12.9. The van der Waals surface area contributed by atoms with Crippen LogP contribution in [0.15, 0.2) is 72.1 Å². The van der Waals surface area contributed by atoms with Crippen LogP contribution in [0.3, 0.4) is 0 Å². The number of carbonyl (C=O) groups is 2. The van der Waals surface area contributed by atoms with Gasteiger partial charge in [-0.1, -0.05) is 48.5 Å². The van der Waals surface area contributed by atoms with Crippen LogP contribution >= 0.6 is 11.3 Å². The number of anilines is 1. The molecule has 35 heavy (non-hydrogen) atoms. The van der Waals surface area contributed by atoms with E-state index >= 15 is 0 Å². The second kappa shape index (κ2) is 11.2. The summed E-state index contributed by atoms with van der Waals surface area (Å²) in [6, 6.07) is 22.1. The summed E-state index contributed by atoms with van der Waals surface area (Å²) in [6.07, 6.45) is 1.56. The molecule has 2 saturated heterocycles. The first-order valence-corrected chi connectivity index (χ1v) is 13.3. The molecule has 3 aromatic rings. The highest BCUT2D eigenvalue weighted by molar-refractivity contribution is 7.12. The van der Waals surface area contributed by atoms with Crippen molar-refractivity contribution in [3.05, 3.63) is 88.1 Å². The number of hydrogen-bond donors (Lipinski definition) is 1. The molecule has 2 aliphatic heterocycles. The number of nitrogens with one attached hydrogen (secondary N) is 1. The molecule has 0 unspecified atom stereocenters. The molecule has 1 aromatic heterocycles. The molecular formula is C28H32N4O2S. The van der Waals surface area contributed by atoms with Gasteiger partial charge in [-0.3, -0.25) is 19.4 Å². The van der Waals surface area contributed by atoms with Crippen molar-refractivity contribution in [3.8, 4) is 0 Å². The summed E-state index contributed by atoms with van der Waals surface area (Å²) in [5.41, 5.74) is 3.40. The van der Waals surface area contributed by atoms with Crippen molar-refractivity contribution in [2.45, 2.75) is 32.0 Å². The number of hydrogen-bond acceptors (Lipinski definition) is 5. The van der Waals surface area contributed by atoms with E-state index in [-0.39, 0.29) is 11.8 Å². The number of nitrogens with zero attached hydrogens (tertiary/aromatic N) is 3. The van der Waals surface area contributed by atoms with Gasteiger partial charge in [0.2, 0.25) is 5.91 Å². The van der Waals surface area contributed by atoms with Crippen LogP contribution in [0.5, 0.6) is 0 Å². The highest BCUT2D eigenvalue weighted by Crippen LogP contribution is 2.24. The van der Waals surface area contributed by atoms with Crippen LogP contribution in [0.4, 0.5) is 5.69 Å². The molecule has 2 fully saturated rings. The zero-order valence-electron chi connectivity index (χ0n) is 19.9. The Hall–Kier alpha value is -3.00. The zero-order chi connectivity index (χ0) is 24.0. The van der Waals surface area contributed by atoms with Gasteiger partial charge in [-0.05, 0) is 47.5 Å². The van der Waals surface area contributed by atoms with E-state index in [2.05, 4.69) is 57.6 Å². The second-order valence-corrected chi connectivity index (χ2v) is 10.3. The van der Waals surface area contributed by atoms with Gasteiger partial charge in [0.1, 0.15) is 6.04 Å². The molecule has 5 rings (SSSR count). The van der Waals surface area contributed by atoms with Gasteiger partial charge in [-0.15, -0.1) is 11.3 Å². The van der Waals surface area contributed by atoms with Gasteiger partial charge >= 0.3 is 0 Å². The van der Waals surface area contributed by atoms with Crippen molar-refractivity contribution in [1.29, 1.82) is 0 Å². The van der Waals surface area contributed by atoms with E-state index in [0.717, 1.165) is 51.4 Å². The van der Waals surface area contributed by atoms with Gasteiger partial charge in [0, 0.05) is 51.5 Å². The molecule has 0 saturated carbocycles. The summed E-state index contributed by atoms with van der Waals surface area (Å²) in [4.78, 5) is 33.1. The topological polar surface area (TPSA) is 55.9 Å². The van der Waals surface area contributed by atoms with Crippen LogP contribution in [-0.2, 0) is 17.9 Å². The molecule has 0 spiro atoms. The number of likely N-dealkylation sites (tertiary alicyclic amines) is 1. The Kier molecular flexibility index (Phi) is 7.57. The molecule has 0 aliphatic carbocycles. The number of amides is 2. The minimum atomic E-state index is -0.406. The Labute approximate surface area is 211 Å². The van der Waals surface area contributed by atoms with Crippen molar-refractivity contribution in [2.24, 2.45) is 0 Å². The number of benzene rings is 2. The van der Waals surface area contributed by atoms with E-state index in [9.17, 15) is 9.59 Å². The SMILES string of the molecule is O=C(Nc1ccc(CN2CCN(Cc3ccccc3)CC2)cc1)[C@@H]1CCCN1C(=O)c1cccs1. The van der Waals surface area contributed by atoms with Gasteiger partial charge in [0.25, 0.3) is 5.91 Å². The van der Waals surface area contributed by atoms with E-state index in [1.165, 1.54) is 22.5 Å². The number of piperazine rings is 1. The standard InChI is InChI=1S/C28H32N4O2S/c33-27(25-8-4-14-32(25)28(34)26-9-5-19-35-26)29-24-12-10-23(11-13-24)21-31-17-15-30(16-18-31)20-22-6-2-1-3-7-22/h1-3,5-7,9-13,19,25H,4,8,14-18,20-21H2,(H,29,33)/t25-/m0/s1. The van der Waals surface area contributed by atoms with Crippen LogP contribution in [0.1, 0.15) is 33.6 Å². The maximum Gasteiger partial charge on any atom is 0.264 e. The van der Waals surface area contributed by atoms with E-state index in [1.807, 2.05) is 29.6 Å². The summed E-state index contributed by atoms with van der Waals surface area (Å²) < 4.78 is 0. The Morgan fingerprint density at radius 1 is 0.800 bits per heavy atom. The minimum absolute atomic E-state index is 0.0446. The van der Waals surface area contributed by atoms with Crippen LogP contribution in [0, 0.1) is 0 Å². The fourth-order valence-electron chi connectivity index (χ4n) is 4.95. The molecule has 182 valence electrons. The predicted octanol–water partition coefficient (Wildman–Crippen LogP) is 4.31. The van der Waals surface area contributed by atoms with Gasteiger partial charge in [-0.25, -0.2) is 0 Å². The fourth-order valence-corrected chi connectivity index (χ4v) is 5.63. The molecule has 6 nitrogen and oxygen atoms in total. The predicted molar refractivity (Wildman–Crippen MR) is 140 cm³/mol. The molecule has 1 atom stereocenters. The Bertz CT molecular complexity index is 1110. The molecule has 7 heteroatoms. The lowest BCUT2D eigenvalue weighted by atomic mass is 10.1. The Morgan fingerprint density at radius 2 is 1.46 bits per heavy atom. The first kappa shape index (κ1) is 23.7. The van der Waals surface area contributed by atoms with Crippen LogP contribution in [0.25, 0.3) is 0 Å². The average Bonchev–Trinajstić information content (AvgIpc) is 3.60. The number of thiophene rings is 1. The molecule has 2 aromatic carbocycles. The third-order valence-corrected chi connectivity index (χ3v) is 7.75. The summed E-state index contributed by atoms with van der Waals surface area (Å²) in [5, 5.41) is 4.92. The van der Waals surface area contributed by atoms with E-state index < -0.39 is 6.04 Å². The molecular weight excluding hydrogens is 456 g/mol. The van der Waals surface area contributed by atoms with Gasteiger partial charge in [0.05, 0.1) is 4.88 Å². The summed E-state index contributed by atoms with van der Waals surface area (Å²) in [7, 11) is 0. The molecule has 0 radical (unpaired) electrons. The first-order chi connectivity index (χ1) is 17.2. The molecule has 2 aliphatic rings. The van der Waals surface area contributed by atoms with E-state index in [4.69, 9.17) is 0 Å². The van der Waals surface area contributed by atoms with Crippen molar-refractivity contribution < 1.29 is 9.59 Å². The largest absolute Gasteiger partial charge is 0.326 e. The summed E-state index contributed by atoms with van der Waals surface area (Å²) in [5.74, 6) is -0.147. The molecule has 0 bridgehead atoms. The lowest BCUT2D eigenvalue weighted by Gasteiger charge is -2.34. The third kappa shape index (κ3) is 5.99. The quantitative estimate of drug-likeness (QED) is 0.539. The average molecular weight is 489 g/mol. The highest BCUT2D eigenvalue weighted by Gasteiger charge is 2.34. The molecule has 1 N–H and O–H groups in total. The smallest absolute Gasteiger partial charge is 0.264 e. The third-order valence-electron chi connectivity index (χ3n) is 6.89. The second-order valence-electron chi connectivity index (χ2n) is 9.36. The normalized spacial score (nSPS) is 19.1. The zero-order valence-corrected chi connectivity index (χ0v) is 20.8. The molecule has 3 heterocycles. The monoisotopic (exact) mass is 488 g/mol. The van der Waals surface area contributed by atoms with Crippen molar-refractivity contribution in [1.82, 2.24) is 14.7 Å². The van der Waals surface area contributed by atoms with Crippen LogP contribution in [-0.4, -0.2) is 65.3 Å². The summed E-state index contributed by atoms with van der Waals surface area (Å²) >= 11 is 1.42. The summed E-state index contributed by atoms with van der Waals surface area (Å²) in [6.45, 7) is 6.82. The van der Waals surface area contributed by atoms with E-state index in [1.54, 1.807) is 4.90 Å². The Morgan fingerprint density at radius 3 is 2.09 bits per heavy atom. The van der Waals surface area contributed by atoms with Crippen LogP contribution in [0.2, 0.25) is 0 Å². The van der Waals surface area contributed by atoms with Crippen LogP contribution < -0.4 is 5.32 Å². The first-order valence-electron chi connectivity index (χ1n) is 12.4. The minimum Gasteiger partial charge on any atom is -0.326 e. The van der Waals surface area contributed by atoms with Gasteiger partial charge in [-0.2, -0.15) is 0 Å². The lowest BCUT2D eigenvalue weighted by molar-refractivity contribution is -0.119. The molecule has 2 amide bonds. The van der Waals surface area contributed by atoms with Gasteiger partial charge in [0.15, 0.2) is 0 Å². The lowest BCUT2D eigenvalue weighted by Crippen LogP contribution is -2.45. The van der Waals surface area contributed by atoms with Gasteiger partial charge < -0.3 is 10.2 Å². The number of carbonyl (C=O) groups excluding carboxylic acids is 2. The van der Waals surface area contributed by atoms with E-state index in [0.29, 0.717) is 17.8 Å². The fraction of sp³-hybridized carbons (Fsp3) is 0.357. The number of rotatable bonds is 7.